The van der Waals surface area contributed by atoms with Crippen LogP contribution in [0.4, 0.5) is 0 Å². The third-order valence-corrected chi connectivity index (χ3v) is 7.01. The maximum absolute atomic E-state index is 12.7. The van der Waals surface area contributed by atoms with Crippen molar-refractivity contribution in [3.63, 3.8) is 0 Å². The summed E-state index contributed by atoms with van der Waals surface area (Å²) in [6.45, 7) is 3.09. The number of benzene rings is 3. The standard InChI is InChI=1S/C25H20BrN3O2S/c1-2-31-19-10-7-16(8-11-19)21-15-29-22-12-9-17(13-23(22)32-25(29)28-21)24(30)27-14-18-5-3-4-6-20(18)26/h3-13,15H,2,14H2,1H3,(H,27,30). The number of rotatable bonds is 6. The minimum atomic E-state index is -0.0937. The van der Waals surface area contributed by atoms with E-state index >= 15 is 0 Å². The van der Waals surface area contributed by atoms with Gasteiger partial charge in [0.05, 0.1) is 22.5 Å². The molecule has 0 bridgehead atoms. The maximum atomic E-state index is 12.7. The summed E-state index contributed by atoms with van der Waals surface area (Å²) in [5.74, 6) is 0.761. The van der Waals surface area contributed by atoms with Crippen LogP contribution in [0.1, 0.15) is 22.8 Å². The number of halogens is 1. The molecule has 1 amide bonds. The fraction of sp³-hybridized carbons (Fsp3) is 0.120. The molecule has 2 aromatic heterocycles. The Hall–Kier alpha value is -3.16. The molecule has 0 saturated heterocycles. The number of amides is 1. The minimum absolute atomic E-state index is 0.0937. The van der Waals surface area contributed by atoms with Gasteiger partial charge >= 0.3 is 0 Å². The van der Waals surface area contributed by atoms with Crippen LogP contribution >= 0.6 is 27.3 Å². The summed E-state index contributed by atoms with van der Waals surface area (Å²) >= 11 is 5.09. The molecule has 3 aromatic carbocycles. The maximum Gasteiger partial charge on any atom is 0.251 e. The number of ether oxygens (including phenoxy) is 1. The number of carbonyl (C=O) groups excluding carboxylic acids is 1. The Balaban J connectivity index is 1.38. The van der Waals surface area contributed by atoms with Gasteiger partial charge in [-0.3, -0.25) is 9.20 Å². The first-order chi connectivity index (χ1) is 15.6. The highest BCUT2D eigenvalue weighted by atomic mass is 79.9. The molecule has 0 spiro atoms. The Labute approximate surface area is 197 Å². The van der Waals surface area contributed by atoms with Crippen LogP contribution in [-0.2, 0) is 6.54 Å². The number of carbonyl (C=O) groups is 1. The third-order valence-electron chi connectivity index (χ3n) is 5.21. The van der Waals surface area contributed by atoms with Gasteiger partial charge < -0.3 is 10.1 Å². The van der Waals surface area contributed by atoms with Crippen molar-refractivity contribution in [1.29, 1.82) is 0 Å². The number of fused-ring (bicyclic) bond motifs is 3. The Morgan fingerprint density at radius 3 is 2.72 bits per heavy atom. The Morgan fingerprint density at radius 2 is 1.94 bits per heavy atom. The molecule has 0 aliphatic heterocycles. The van der Waals surface area contributed by atoms with Gasteiger partial charge in [-0.1, -0.05) is 45.5 Å². The zero-order chi connectivity index (χ0) is 22.1. The monoisotopic (exact) mass is 505 g/mol. The molecule has 32 heavy (non-hydrogen) atoms. The summed E-state index contributed by atoms with van der Waals surface area (Å²) in [7, 11) is 0. The average Bonchev–Trinajstić information content (AvgIpc) is 3.37. The summed E-state index contributed by atoms with van der Waals surface area (Å²) < 4.78 is 9.61. The number of hydrogen-bond donors (Lipinski definition) is 1. The van der Waals surface area contributed by atoms with Crippen molar-refractivity contribution in [1.82, 2.24) is 14.7 Å². The quantitative estimate of drug-likeness (QED) is 0.294. The van der Waals surface area contributed by atoms with Crippen LogP contribution in [-0.4, -0.2) is 21.9 Å². The summed E-state index contributed by atoms with van der Waals surface area (Å²) in [6.07, 6.45) is 2.04. The topological polar surface area (TPSA) is 55.6 Å². The average molecular weight is 506 g/mol. The van der Waals surface area contributed by atoms with Crippen LogP contribution in [0.25, 0.3) is 26.4 Å². The zero-order valence-electron chi connectivity index (χ0n) is 17.3. The molecule has 7 heteroatoms. The van der Waals surface area contributed by atoms with E-state index in [9.17, 15) is 4.79 Å². The normalized spacial score (nSPS) is 11.2. The Bertz CT molecular complexity index is 1420. The lowest BCUT2D eigenvalue weighted by Crippen LogP contribution is -2.22. The van der Waals surface area contributed by atoms with Crippen molar-refractivity contribution in [2.75, 3.05) is 6.61 Å². The minimum Gasteiger partial charge on any atom is -0.494 e. The molecule has 160 valence electrons. The number of aromatic nitrogens is 2. The molecule has 0 fully saturated rings. The van der Waals surface area contributed by atoms with Gasteiger partial charge in [0.2, 0.25) is 0 Å². The SMILES string of the molecule is CCOc1ccc(-c2cn3c(n2)sc2cc(C(=O)NCc4ccccc4Br)ccc23)cc1. The highest BCUT2D eigenvalue weighted by Crippen LogP contribution is 2.30. The van der Waals surface area contributed by atoms with Gasteiger partial charge in [-0.25, -0.2) is 4.98 Å². The fourth-order valence-electron chi connectivity index (χ4n) is 3.59. The first-order valence-electron chi connectivity index (χ1n) is 10.3. The van der Waals surface area contributed by atoms with Crippen LogP contribution in [0.5, 0.6) is 5.75 Å². The first-order valence-corrected chi connectivity index (χ1v) is 11.9. The van der Waals surface area contributed by atoms with Crippen LogP contribution < -0.4 is 10.1 Å². The molecular weight excluding hydrogens is 486 g/mol. The first kappa shape index (κ1) is 20.7. The zero-order valence-corrected chi connectivity index (χ0v) is 19.7. The van der Waals surface area contributed by atoms with Gasteiger partial charge in [-0.15, -0.1) is 0 Å². The highest BCUT2D eigenvalue weighted by Gasteiger charge is 2.13. The number of hydrogen-bond acceptors (Lipinski definition) is 4. The summed E-state index contributed by atoms with van der Waals surface area (Å²) in [4.78, 5) is 18.4. The molecule has 5 rings (SSSR count). The van der Waals surface area contributed by atoms with Gasteiger partial charge in [0.1, 0.15) is 5.75 Å². The molecule has 5 aromatic rings. The van der Waals surface area contributed by atoms with E-state index in [2.05, 4.69) is 25.6 Å². The van der Waals surface area contributed by atoms with Crippen molar-refractivity contribution in [3.05, 3.63) is 88.5 Å². The summed E-state index contributed by atoms with van der Waals surface area (Å²) in [5.41, 5.74) is 4.67. The second-order valence-corrected chi connectivity index (χ2v) is 9.16. The van der Waals surface area contributed by atoms with E-state index < -0.39 is 0 Å². The van der Waals surface area contributed by atoms with Crippen LogP contribution in [0.2, 0.25) is 0 Å². The summed E-state index contributed by atoms with van der Waals surface area (Å²) in [6, 6.07) is 21.6. The fourth-order valence-corrected chi connectivity index (χ4v) is 5.06. The molecule has 0 saturated carbocycles. The van der Waals surface area contributed by atoms with E-state index in [1.54, 1.807) is 11.3 Å². The number of nitrogens with one attached hydrogen (secondary N) is 1. The predicted molar refractivity (Wildman–Crippen MR) is 132 cm³/mol. The lowest BCUT2D eigenvalue weighted by Gasteiger charge is -2.07. The molecular formula is C25H20BrN3O2S. The Morgan fingerprint density at radius 1 is 1.12 bits per heavy atom. The van der Waals surface area contributed by atoms with Gasteiger partial charge in [0.15, 0.2) is 4.96 Å². The van der Waals surface area contributed by atoms with Crippen molar-refractivity contribution in [2.45, 2.75) is 13.5 Å². The van der Waals surface area contributed by atoms with E-state index in [1.807, 2.05) is 79.9 Å². The van der Waals surface area contributed by atoms with Crippen molar-refractivity contribution >= 4 is 48.4 Å². The number of imidazole rings is 1. The van der Waals surface area contributed by atoms with Crippen LogP contribution in [0, 0.1) is 0 Å². The largest absolute Gasteiger partial charge is 0.494 e. The highest BCUT2D eigenvalue weighted by molar-refractivity contribution is 9.10. The van der Waals surface area contributed by atoms with Crippen molar-refractivity contribution < 1.29 is 9.53 Å². The number of nitrogens with zero attached hydrogens (tertiary/aromatic N) is 2. The smallest absolute Gasteiger partial charge is 0.251 e. The van der Waals surface area contributed by atoms with Gasteiger partial charge in [-0.2, -0.15) is 0 Å². The predicted octanol–water partition coefficient (Wildman–Crippen LogP) is 6.31. The molecule has 0 atom stereocenters. The van der Waals surface area contributed by atoms with Gasteiger partial charge in [0.25, 0.3) is 5.91 Å². The molecule has 0 aliphatic rings. The molecule has 0 radical (unpaired) electrons. The lowest BCUT2D eigenvalue weighted by atomic mass is 10.1. The van der Waals surface area contributed by atoms with Crippen LogP contribution in [0.3, 0.4) is 0 Å². The molecule has 0 aliphatic carbocycles. The Kier molecular flexibility index (Phi) is 5.68. The molecule has 2 heterocycles. The number of thiazole rings is 1. The van der Waals surface area contributed by atoms with E-state index in [0.717, 1.165) is 42.2 Å². The second-order valence-electron chi connectivity index (χ2n) is 7.29. The molecule has 0 unspecified atom stereocenters. The summed E-state index contributed by atoms with van der Waals surface area (Å²) in [5, 5.41) is 3.00. The molecule has 1 N–H and O–H groups in total. The molecule has 5 nitrogen and oxygen atoms in total. The van der Waals surface area contributed by atoms with Gasteiger partial charge in [0, 0.05) is 28.3 Å². The van der Waals surface area contributed by atoms with Crippen LogP contribution in [0.15, 0.2) is 77.4 Å². The van der Waals surface area contributed by atoms with E-state index in [1.165, 1.54) is 0 Å². The lowest BCUT2D eigenvalue weighted by molar-refractivity contribution is 0.0951. The van der Waals surface area contributed by atoms with Crippen molar-refractivity contribution in [3.8, 4) is 17.0 Å². The van der Waals surface area contributed by atoms with Crippen molar-refractivity contribution in [2.24, 2.45) is 0 Å². The van der Waals surface area contributed by atoms with E-state index in [-0.39, 0.29) is 5.91 Å². The second kappa shape index (κ2) is 8.76. The third kappa shape index (κ3) is 4.01. The van der Waals surface area contributed by atoms with E-state index in [4.69, 9.17) is 9.72 Å². The van der Waals surface area contributed by atoms with Gasteiger partial charge in [-0.05, 0) is 61.0 Å². The van der Waals surface area contributed by atoms with E-state index in [0.29, 0.717) is 18.7 Å².